The minimum atomic E-state index is -0.313. The third kappa shape index (κ3) is 3.54. The molecule has 0 unspecified atom stereocenters. The molecule has 0 spiro atoms. The Bertz CT molecular complexity index is 1260. The lowest BCUT2D eigenvalue weighted by Crippen LogP contribution is -2.23. The zero-order valence-electron chi connectivity index (χ0n) is 16.5. The Morgan fingerprint density at radius 1 is 1.03 bits per heavy atom. The van der Waals surface area contributed by atoms with Crippen LogP contribution in [0.1, 0.15) is 23.6 Å². The molecule has 0 atom stereocenters. The molecule has 29 heavy (non-hydrogen) atoms. The van der Waals surface area contributed by atoms with Crippen molar-refractivity contribution in [3.8, 4) is 5.69 Å². The number of hydrogen-bond donors (Lipinski definition) is 0. The monoisotopic (exact) mass is 387 g/mol. The standard InChI is InChI=1S/C22H21N5O2/c1-15-8-6-13-21(27-22(28)26(3)24-25-27)20(15)14-29-23-16(2)18-12-7-10-17-9-4-5-11-19(17)18/h4-13H,14H2,1-3H3. The molecule has 0 saturated heterocycles. The summed E-state index contributed by atoms with van der Waals surface area (Å²) in [5.74, 6) is 0. The first kappa shape index (κ1) is 18.6. The van der Waals surface area contributed by atoms with Crippen molar-refractivity contribution in [3.63, 3.8) is 0 Å². The molecular formula is C22H21N5O2. The Kier molecular flexibility index (Phi) is 4.95. The van der Waals surface area contributed by atoms with E-state index >= 15 is 0 Å². The molecule has 0 N–H and O–H groups in total. The molecule has 3 aromatic carbocycles. The maximum absolute atomic E-state index is 12.3. The fourth-order valence-corrected chi connectivity index (χ4v) is 3.32. The summed E-state index contributed by atoms with van der Waals surface area (Å²) in [5.41, 5.74) is 3.96. The molecule has 0 aliphatic carbocycles. The van der Waals surface area contributed by atoms with Gasteiger partial charge in [0.2, 0.25) is 0 Å². The number of nitrogens with zero attached hydrogens (tertiary/aromatic N) is 5. The van der Waals surface area contributed by atoms with Crippen molar-refractivity contribution in [1.29, 1.82) is 0 Å². The molecule has 0 saturated carbocycles. The number of fused-ring (bicyclic) bond motifs is 1. The van der Waals surface area contributed by atoms with Gasteiger partial charge in [-0.05, 0) is 46.7 Å². The fourth-order valence-electron chi connectivity index (χ4n) is 3.32. The summed E-state index contributed by atoms with van der Waals surface area (Å²) in [7, 11) is 1.57. The van der Waals surface area contributed by atoms with E-state index in [2.05, 4.69) is 33.8 Å². The van der Waals surface area contributed by atoms with Crippen LogP contribution in [0.15, 0.2) is 70.6 Å². The molecule has 1 heterocycles. The predicted molar refractivity (Wildman–Crippen MR) is 112 cm³/mol. The van der Waals surface area contributed by atoms with Crippen molar-refractivity contribution < 1.29 is 4.84 Å². The van der Waals surface area contributed by atoms with Crippen LogP contribution in [0, 0.1) is 6.92 Å². The summed E-state index contributed by atoms with van der Waals surface area (Å²) in [5, 5.41) is 14.3. The van der Waals surface area contributed by atoms with Crippen molar-refractivity contribution >= 4 is 16.5 Å². The highest BCUT2D eigenvalue weighted by Gasteiger charge is 2.13. The van der Waals surface area contributed by atoms with Crippen LogP contribution in [0.5, 0.6) is 0 Å². The van der Waals surface area contributed by atoms with Gasteiger partial charge in [0.25, 0.3) is 0 Å². The first-order chi connectivity index (χ1) is 14.1. The molecule has 7 nitrogen and oxygen atoms in total. The van der Waals surface area contributed by atoms with E-state index < -0.39 is 0 Å². The van der Waals surface area contributed by atoms with Crippen LogP contribution in [-0.2, 0) is 18.5 Å². The summed E-state index contributed by atoms with van der Waals surface area (Å²) in [6, 6.07) is 20.0. The summed E-state index contributed by atoms with van der Waals surface area (Å²) < 4.78 is 2.46. The normalized spacial score (nSPS) is 11.8. The lowest BCUT2D eigenvalue weighted by molar-refractivity contribution is 0.130. The van der Waals surface area contributed by atoms with Crippen molar-refractivity contribution in [2.24, 2.45) is 12.2 Å². The Morgan fingerprint density at radius 3 is 2.59 bits per heavy atom. The van der Waals surface area contributed by atoms with Crippen molar-refractivity contribution in [3.05, 3.63) is 87.8 Å². The second-order valence-electron chi connectivity index (χ2n) is 6.85. The number of hydrogen-bond acceptors (Lipinski definition) is 5. The van der Waals surface area contributed by atoms with Crippen LogP contribution in [0.2, 0.25) is 0 Å². The first-order valence-corrected chi connectivity index (χ1v) is 9.29. The second kappa shape index (κ2) is 7.71. The van der Waals surface area contributed by atoms with Gasteiger partial charge in [0.15, 0.2) is 0 Å². The topological polar surface area (TPSA) is 74.3 Å². The molecule has 7 heteroatoms. The van der Waals surface area contributed by atoms with Crippen LogP contribution in [0.25, 0.3) is 16.5 Å². The molecule has 4 rings (SSSR count). The van der Waals surface area contributed by atoms with Crippen molar-refractivity contribution in [2.45, 2.75) is 20.5 Å². The Morgan fingerprint density at radius 2 is 1.79 bits per heavy atom. The van der Waals surface area contributed by atoms with Crippen LogP contribution in [0.4, 0.5) is 0 Å². The van der Waals surface area contributed by atoms with Gasteiger partial charge >= 0.3 is 5.69 Å². The Hall–Kier alpha value is -3.74. The highest BCUT2D eigenvalue weighted by molar-refractivity contribution is 6.09. The minimum absolute atomic E-state index is 0.215. The number of rotatable bonds is 5. The quantitative estimate of drug-likeness (QED) is 0.389. The molecule has 0 fully saturated rings. The molecule has 146 valence electrons. The molecule has 1 aromatic heterocycles. The van der Waals surface area contributed by atoms with Crippen LogP contribution in [-0.4, -0.2) is 25.5 Å². The van der Waals surface area contributed by atoms with E-state index in [1.165, 1.54) is 9.36 Å². The Balaban J connectivity index is 1.63. The van der Waals surface area contributed by atoms with Gasteiger partial charge in [-0.1, -0.05) is 59.8 Å². The summed E-state index contributed by atoms with van der Waals surface area (Å²) in [6.07, 6.45) is 0. The van der Waals surface area contributed by atoms with Gasteiger partial charge in [0.1, 0.15) is 6.61 Å². The van der Waals surface area contributed by atoms with E-state index in [1.807, 2.05) is 56.3 Å². The predicted octanol–water partition coefficient (Wildman–Crippen LogP) is 3.37. The van der Waals surface area contributed by atoms with E-state index in [4.69, 9.17) is 4.84 Å². The number of aromatic nitrogens is 4. The SMILES string of the molecule is CC(=NOCc1c(C)cccc1-n1nnn(C)c1=O)c1cccc2ccccc12. The molecule has 0 aliphatic rings. The first-order valence-electron chi connectivity index (χ1n) is 9.29. The third-order valence-corrected chi connectivity index (χ3v) is 4.93. The maximum atomic E-state index is 12.3. The fraction of sp³-hybridized carbons (Fsp3) is 0.182. The lowest BCUT2D eigenvalue weighted by atomic mass is 10.0. The van der Waals surface area contributed by atoms with Gasteiger partial charge in [-0.25, -0.2) is 4.79 Å². The lowest BCUT2D eigenvalue weighted by Gasteiger charge is -2.11. The third-order valence-electron chi connectivity index (χ3n) is 4.93. The second-order valence-corrected chi connectivity index (χ2v) is 6.85. The van der Waals surface area contributed by atoms with Crippen LogP contribution >= 0.6 is 0 Å². The number of aryl methyl sites for hydroxylation is 2. The van der Waals surface area contributed by atoms with Gasteiger partial charge in [0, 0.05) is 18.2 Å². The maximum Gasteiger partial charge on any atom is 0.368 e. The zero-order chi connectivity index (χ0) is 20.4. The average Bonchev–Trinajstić information content (AvgIpc) is 3.07. The van der Waals surface area contributed by atoms with Gasteiger partial charge in [-0.2, -0.15) is 9.36 Å². The largest absolute Gasteiger partial charge is 0.391 e. The van der Waals surface area contributed by atoms with Gasteiger partial charge in [0.05, 0.1) is 11.4 Å². The summed E-state index contributed by atoms with van der Waals surface area (Å²) in [6.45, 7) is 4.10. The van der Waals surface area contributed by atoms with E-state index in [-0.39, 0.29) is 12.3 Å². The van der Waals surface area contributed by atoms with Crippen LogP contribution in [0.3, 0.4) is 0 Å². The molecule has 0 radical (unpaired) electrons. The van der Waals surface area contributed by atoms with E-state index in [0.717, 1.165) is 33.2 Å². The summed E-state index contributed by atoms with van der Waals surface area (Å²) in [4.78, 5) is 17.9. The molecule has 0 bridgehead atoms. The average molecular weight is 387 g/mol. The highest BCUT2D eigenvalue weighted by Crippen LogP contribution is 2.21. The molecule has 4 aromatic rings. The number of tetrazole rings is 1. The number of oxime groups is 1. The minimum Gasteiger partial charge on any atom is -0.391 e. The smallest absolute Gasteiger partial charge is 0.368 e. The summed E-state index contributed by atoms with van der Waals surface area (Å²) >= 11 is 0. The highest BCUT2D eigenvalue weighted by atomic mass is 16.6. The van der Waals surface area contributed by atoms with Gasteiger partial charge in [-0.3, -0.25) is 0 Å². The molecule has 0 aliphatic heterocycles. The van der Waals surface area contributed by atoms with Gasteiger partial charge < -0.3 is 4.84 Å². The van der Waals surface area contributed by atoms with Crippen molar-refractivity contribution in [2.75, 3.05) is 0 Å². The number of benzene rings is 3. The zero-order valence-corrected chi connectivity index (χ0v) is 16.5. The van der Waals surface area contributed by atoms with E-state index in [0.29, 0.717) is 5.69 Å². The Labute approximate surface area is 167 Å². The molecule has 0 amide bonds. The molecular weight excluding hydrogens is 366 g/mol. The van der Waals surface area contributed by atoms with Crippen LogP contribution < -0.4 is 5.69 Å². The van der Waals surface area contributed by atoms with E-state index in [9.17, 15) is 4.79 Å². The van der Waals surface area contributed by atoms with Gasteiger partial charge in [-0.15, -0.1) is 0 Å². The van der Waals surface area contributed by atoms with Crippen molar-refractivity contribution in [1.82, 2.24) is 19.8 Å². The van der Waals surface area contributed by atoms with E-state index in [1.54, 1.807) is 7.05 Å².